The molecule has 0 bridgehead atoms. The molecular formula is C18H13NO4. The number of carbonyl (C=O) groups is 1. The summed E-state index contributed by atoms with van der Waals surface area (Å²) < 4.78 is 0. The molecule has 3 N–H and O–H groups in total. The summed E-state index contributed by atoms with van der Waals surface area (Å²) in [6.07, 6.45) is 0. The van der Waals surface area contributed by atoms with Crippen molar-refractivity contribution in [3.05, 3.63) is 76.6 Å². The summed E-state index contributed by atoms with van der Waals surface area (Å²) in [5, 5.41) is 18.5. The molecule has 0 unspecified atom stereocenters. The maximum absolute atomic E-state index is 11.7. The molecule has 23 heavy (non-hydrogen) atoms. The zero-order chi connectivity index (χ0) is 16.4. The molecule has 1 aromatic heterocycles. The Balaban J connectivity index is 2.03. The predicted octanol–water partition coefficient (Wildman–Crippen LogP) is 3.11. The van der Waals surface area contributed by atoms with Crippen LogP contribution in [0.2, 0.25) is 0 Å². The fourth-order valence-electron chi connectivity index (χ4n) is 2.34. The van der Waals surface area contributed by atoms with Gasteiger partial charge in [-0.1, -0.05) is 54.6 Å². The minimum absolute atomic E-state index is 0.338. The number of nitrogens with one attached hydrogen (secondary N) is 1. The molecule has 1 heterocycles. The number of aromatic amines is 1. The van der Waals surface area contributed by atoms with E-state index in [0.29, 0.717) is 11.3 Å². The van der Waals surface area contributed by atoms with Crippen molar-refractivity contribution in [1.82, 2.24) is 4.98 Å². The molecule has 0 aliphatic heterocycles. The van der Waals surface area contributed by atoms with Gasteiger partial charge in [0.15, 0.2) is 11.4 Å². The first-order valence-electron chi connectivity index (χ1n) is 6.91. The van der Waals surface area contributed by atoms with Crippen molar-refractivity contribution in [2.75, 3.05) is 0 Å². The monoisotopic (exact) mass is 307 g/mol. The van der Waals surface area contributed by atoms with Crippen molar-refractivity contribution in [3.8, 4) is 28.1 Å². The highest BCUT2D eigenvalue weighted by Gasteiger charge is 2.15. The van der Waals surface area contributed by atoms with Crippen LogP contribution in [0.25, 0.3) is 22.4 Å². The van der Waals surface area contributed by atoms with Crippen molar-refractivity contribution in [1.29, 1.82) is 0 Å². The van der Waals surface area contributed by atoms with E-state index >= 15 is 0 Å². The minimum atomic E-state index is -1.39. The third kappa shape index (κ3) is 2.85. The molecule has 0 spiro atoms. The minimum Gasteiger partial charge on any atom is -0.502 e. The Morgan fingerprint density at radius 1 is 0.870 bits per heavy atom. The summed E-state index contributed by atoms with van der Waals surface area (Å²) in [6.45, 7) is 0. The fraction of sp³-hybridized carbons (Fsp3) is 0. The van der Waals surface area contributed by atoms with E-state index in [1.165, 1.54) is 6.07 Å². The number of rotatable bonds is 3. The second-order valence-electron chi connectivity index (χ2n) is 5.02. The van der Waals surface area contributed by atoms with Crippen LogP contribution in [-0.2, 0) is 0 Å². The van der Waals surface area contributed by atoms with Gasteiger partial charge in [0.2, 0.25) is 5.43 Å². The molecule has 0 aliphatic carbocycles. The van der Waals surface area contributed by atoms with Gasteiger partial charge < -0.3 is 15.2 Å². The van der Waals surface area contributed by atoms with E-state index in [2.05, 4.69) is 4.98 Å². The van der Waals surface area contributed by atoms with Crippen molar-refractivity contribution in [3.63, 3.8) is 0 Å². The van der Waals surface area contributed by atoms with E-state index in [9.17, 15) is 14.7 Å². The summed E-state index contributed by atoms with van der Waals surface area (Å²) in [7, 11) is 0. The van der Waals surface area contributed by atoms with E-state index in [1.54, 1.807) is 12.1 Å². The van der Waals surface area contributed by atoms with Crippen LogP contribution < -0.4 is 5.43 Å². The molecule has 0 saturated carbocycles. The molecule has 0 atom stereocenters. The van der Waals surface area contributed by atoms with Crippen LogP contribution in [0.1, 0.15) is 10.5 Å². The number of aromatic carboxylic acids is 1. The molecule has 0 fully saturated rings. The zero-order valence-corrected chi connectivity index (χ0v) is 12.0. The Bertz CT molecular complexity index is 912. The lowest BCUT2D eigenvalue weighted by Crippen LogP contribution is -2.10. The van der Waals surface area contributed by atoms with Crippen LogP contribution in [0, 0.1) is 0 Å². The van der Waals surface area contributed by atoms with E-state index in [-0.39, 0.29) is 0 Å². The zero-order valence-electron chi connectivity index (χ0n) is 12.0. The van der Waals surface area contributed by atoms with E-state index in [0.717, 1.165) is 11.1 Å². The van der Waals surface area contributed by atoms with Crippen LogP contribution in [0.15, 0.2) is 65.5 Å². The summed E-state index contributed by atoms with van der Waals surface area (Å²) in [5.74, 6) is -2.18. The lowest BCUT2D eigenvalue weighted by atomic mass is 10.0. The number of aromatic hydroxyl groups is 1. The first-order valence-corrected chi connectivity index (χ1v) is 6.91. The molecule has 114 valence electrons. The van der Waals surface area contributed by atoms with Crippen molar-refractivity contribution >= 4 is 5.97 Å². The van der Waals surface area contributed by atoms with Crippen molar-refractivity contribution in [2.24, 2.45) is 0 Å². The third-order valence-corrected chi connectivity index (χ3v) is 3.52. The smallest absolute Gasteiger partial charge is 0.356 e. The predicted molar refractivity (Wildman–Crippen MR) is 86.6 cm³/mol. The molecule has 0 saturated heterocycles. The van der Waals surface area contributed by atoms with Gasteiger partial charge in [0, 0.05) is 6.07 Å². The number of aromatic nitrogens is 1. The SMILES string of the molecule is O=C(O)c1[nH]c(-c2ccc(-c3ccccc3)cc2)cc(=O)c1O. The van der Waals surface area contributed by atoms with Crippen LogP contribution in [0.3, 0.4) is 0 Å². The first kappa shape index (κ1) is 14.6. The second kappa shape index (κ2) is 5.81. The van der Waals surface area contributed by atoms with Crippen LogP contribution >= 0.6 is 0 Å². The van der Waals surface area contributed by atoms with Crippen molar-refractivity contribution in [2.45, 2.75) is 0 Å². The number of hydrogen-bond acceptors (Lipinski definition) is 3. The van der Waals surface area contributed by atoms with Gasteiger partial charge in [-0.05, 0) is 16.7 Å². The lowest BCUT2D eigenvalue weighted by Gasteiger charge is -2.07. The maximum Gasteiger partial charge on any atom is 0.356 e. The Morgan fingerprint density at radius 3 is 2.04 bits per heavy atom. The highest BCUT2D eigenvalue weighted by Crippen LogP contribution is 2.24. The third-order valence-electron chi connectivity index (χ3n) is 3.52. The Labute approximate surface area is 131 Å². The highest BCUT2D eigenvalue weighted by atomic mass is 16.4. The van der Waals surface area contributed by atoms with Crippen LogP contribution in [0.4, 0.5) is 0 Å². The Hall–Kier alpha value is -3.34. The molecule has 0 aliphatic rings. The molecule has 3 rings (SSSR count). The van der Waals surface area contributed by atoms with E-state index < -0.39 is 22.8 Å². The highest BCUT2D eigenvalue weighted by molar-refractivity contribution is 5.89. The topological polar surface area (TPSA) is 90.4 Å². The molecule has 0 radical (unpaired) electrons. The number of H-pyrrole nitrogens is 1. The first-order chi connectivity index (χ1) is 11.1. The van der Waals surface area contributed by atoms with Gasteiger partial charge in [-0.2, -0.15) is 0 Å². The van der Waals surface area contributed by atoms with Gasteiger partial charge >= 0.3 is 5.97 Å². The Kier molecular flexibility index (Phi) is 3.68. The van der Waals surface area contributed by atoms with Crippen molar-refractivity contribution < 1.29 is 15.0 Å². The summed E-state index contributed by atoms with van der Waals surface area (Å²) in [6, 6.07) is 18.3. The molecule has 2 aromatic carbocycles. The number of carboxylic acids is 1. The standard InChI is InChI=1S/C18H13NO4/c20-15-10-14(19-16(17(15)21)18(22)23)13-8-6-12(7-9-13)11-4-2-1-3-5-11/h1-10,21H,(H,19,20)(H,22,23). The summed E-state index contributed by atoms with van der Waals surface area (Å²) in [5.41, 5.74) is 1.82. The number of benzene rings is 2. The van der Waals surface area contributed by atoms with Crippen LogP contribution in [0.5, 0.6) is 5.75 Å². The average Bonchev–Trinajstić information content (AvgIpc) is 2.58. The maximum atomic E-state index is 11.7. The average molecular weight is 307 g/mol. The number of carboxylic acid groups (broad SMARTS) is 1. The van der Waals surface area contributed by atoms with Gasteiger partial charge in [-0.25, -0.2) is 4.79 Å². The fourth-order valence-corrected chi connectivity index (χ4v) is 2.34. The molecular weight excluding hydrogens is 294 g/mol. The van der Waals surface area contributed by atoms with Gasteiger partial charge in [0.25, 0.3) is 0 Å². The largest absolute Gasteiger partial charge is 0.502 e. The van der Waals surface area contributed by atoms with Gasteiger partial charge in [0.05, 0.1) is 5.69 Å². The van der Waals surface area contributed by atoms with Gasteiger partial charge in [0.1, 0.15) is 0 Å². The molecule has 5 nitrogen and oxygen atoms in total. The molecule has 3 aromatic rings. The number of pyridine rings is 1. The lowest BCUT2D eigenvalue weighted by molar-refractivity contribution is 0.0687. The Morgan fingerprint density at radius 2 is 1.43 bits per heavy atom. The van der Waals surface area contributed by atoms with Gasteiger partial charge in [-0.15, -0.1) is 0 Å². The summed E-state index contributed by atoms with van der Waals surface area (Å²) in [4.78, 5) is 25.3. The second-order valence-corrected chi connectivity index (χ2v) is 5.02. The molecule has 0 amide bonds. The molecule has 5 heteroatoms. The van der Waals surface area contributed by atoms with Gasteiger partial charge in [-0.3, -0.25) is 4.79 Å². The normalized spacial score (nSPS) is 10.4. The van der Waals surface area contributed by atoms with Crippen LogP contribution in [-0.4, -0.2) is 21.2 Å². The van der Waals surface area contributed by atoms with E-state index in [1.807, 2.05) is 42.5 Å². The van der Waals surface area contributed by atoms with E-state index in [4.69, 9.17) is 5.11 Å². The summed E-state index contributed by atoms with van der Waals surface area (Å²) >= 11 is 0. The quantitative estimate of drug-likeness (QED) is 0.693. The number of hydrogen-bond donors (Lipinski definition) is 3.